The molecule has 1 rings (SSSR count). The van der Waals surface area contributed by atoms with Gasteiger partial charge < -0.3 is 14.7 Å². The van der Waals surface area contributed by atoms with Crippen molar-refractivity contribution in [1.29, 1.82) is 0 Å². The van der Waals surface area contributed by atoms with Gasteiger partial charge in [0.25, 0.3) is 5.91 Å². The predicted molar refractivity (Wildman–Crippen MR) is 78.0 cm³/mol. The van der Waals surface area contributed by atoms with Crippen LogP contribution >= 0.6 is 0 Å². The largest absolute Gasteiger partial charge is 0.481 e. The molecule has 122 valence electrons. The van der Waals surface area contributed by atoms with E-state index in [1.54, 1.807) is 0 Å². The average Bonchev–Trinajstić information content (AvgIpc) is 2.50. The number of pyridine rings is 1. The van der Waals surface area contributed by atoms with Gasteiger partial charge in [-0.25, -0.2) is 9.37 Å². The Bertz CT molecular complexity index is 493. The number of carbonyl (C=O) groups is 2. The van der Waals surface area contributed by atoms with Gasteiger partial charge in [-0.05, 0) is 25.5 Å². The Morgan fingerprint density at radius 1 is 1.45 bits per heavy atom. The Hall–Kier alpha value is -2.02. The number of carbonyl (C=O) groups excluding carboxylic acids is 1. The third kappa shape index (κ3) is 5.77. The van der Waals surface area contributed by atoms with Crippen molar-refractivity contribution in [1.82, 2.24) is 9.88 Å². The molecule has 0 saturated carbocycles. The van der Waals surface area contributed by atoms with Gasteiger partial charge in [0.05, 0.1) is 12.1 Å². The number of aliphatic carboxylic acids is 1. The summed E-state index contributed by atoms with van der Waals surface area (Å²) in [6, 6.07) is 2.44. The third-order valence-corrected chi connectivity index (χ3v) is 3.07. The lowest BCUT2D eigenvalue weighted by Gasteiger charge is -2.24. The van der Waals surface area contributed by atoms with Gasteiger partial charge in [-0.15, -0.1) is 0 Å². The number of amides is 1. The van der Waals surface area contributed by atoms with Crippen LogP contribution in [0.5, 0.6) is 0 Å². The molecule has 0 aliphatic carbocycles. The first-order valence-corrected chi connectivity index (χ1v) is 7.17. The molecule has 0 aromatic carbocycles. The zero-order valence-corrected chi connectivity index (χ0v) is 12.8. The van der Waals surface area contributed by atoms with Crippen LogP contribution in [-0.2, 0) is 9.53 Å². The number of hydrogen-bond donors (Lipinski definition) is 1. The highest BCUT2D eigenvalue weighted by molar-refractivity contribution is 5.92. The van der Waals surface area contributed by atoms with E-state index in [4.69, 9.17) is 9.84 Å². The summed E-state index contributed by atoms with van der Waals surface area (Å²) in [5, 5.41) is 9.00. The van der Waals surface area contributed by atoms with Crippen molar-refractivity contribution in [3.8, 4) is 0 Å². The summed E-state index contributed by atoms with van der Waals surface area (Å²) >= 11 is 0. The minimum atomic E-state index is -0.977. The minimum absolute atomic E-state index is 0.0688. The van der Waals surface area contributed by atoms with Crippen molar-refractivity contribution in [2.75, 3.05) is 26.3 Å². The Morgan fingerprint density at radius 3 is 2.73 bits per heavy atom. The van der Waals surface area contributed by atoms with Crippen LogP contribution in [0.1, 0.15) is 30.8 Å². The highest BCUT2D eigenvalue weighted by Gasteiger charge is 2.22. The molecule has 1 aromatic heterocycles. The predicted octanol–water partition coefficient (Wildman–Crippen LogP) is 1.81. The maximum absolute atomic E-state index is 12.9. The first kappa shape index (κ1) is 18.0. The van der Waals surface area contributed by atoms with Crippen molar-refractivity contribution in [2.24, 2.45) is 5.92 Å². The van der Waals surface area contributed by atoms with Crippen LogP contribution in [0.25, 0.3) is 0 Å². The van der Waals surface area contributed by atoms with E-state index in [0.29, 0.717) is 26.2 Å². The minimum Gasteiger partial charge on any atom is -0.481 e. The number of carboxylic acids is 1. The van der Waals surface area contributed by atoms with E-state index in [2.05, 4.69) is 4.98 Å². The molecule has 0 fully saturated rings. The van der Waals surface area contributed by atoms with Crippen molar-refractivity contribution >= 4 is 11.9 Å². The molecule has 1 atom stereocenters. The number of nitrogens with zero attached hydrogens (tertiary/aromatic N) is 2. The molecule has 0 saturated heterocycles. The highest BCUT2D eigenvalue weighted by Crippen LogP contribution is 2.08. The Balaban J connectivity index is 2.75. The van der Waals surface area contributed by atoms with Crippen molar-refractivity contribution < 1.29 is 23.8 Å². The van der Waals surface area contributed by atoms with Crippen LogP contribution in [-0.4, -0.2) is 53.2 Å². The summed E-state index contributed by atoms with van der Waals surface area (Å²) < 4.78 is 18.1. The van der Waals surface area contributed by atoms with Gasteiger partial charge in [0, 0.05) is 26.3 Å². The van der Waals surface area contributed by atoms with E-state index in [0.717, 1.165) is 12.3 Å². The van der Waals surface area contributed by atoms with E-state index in [1.807, 2.05) is 6.92 Å². The maximum atomic E-state index is 12.9. The molecule has 6 nitrogen and oxygen atoms in total. The van der Waals surface area contributed by atoms with Crippen molar-refractivity contribution in [3.05, 3.63) is 29.8 Å². The lowest BCUT2D eigenvalue weighted by atomic mass is 10.1. The zero-order chi connectivity index (χ0) is 16.5. The number of halogens is 1. The van der Waals surface area contributed by atoms with E-state index in [-0.39, 0.29) is 12.2 Å². The number of carboxylic acid groups (broad SMARTS) is 1. The highest BCUT2D eigenvalue weighted by atomic mass is 19.1. The fourth-order valence-corrected chi connectivity index (χ4v) is 1.85. The van der Waals surface area contributed by atoms with Crippen LogP contribution in [0, 0.1) is 11.7 Å². The lowest BCUT2D eigenvalue weighted by Crippen LogP contribution is -2.38. The summed E-state index contributed by atoms with van der Waals surface area (Å²) in [5.41, 5.74) is 0.0930. The van der Waals surface area contributed by atoms with E-state index in [9.17, 15) is 14.0 Å². The van der Waals surface area contributed by atoms with Gasteiger partial charge in [0.2, 0.25) is 0 Å². The molecule has 0 aliphatic rings. The standard InChI is InChI=1S/C15H21FN2O4/c1-3-22-8-4-7-18(10-11(2)15(20)21)14(19)13-6-5-12(16)9-17-13/h5-6,9,11H,3-4,7-8,10H2,1-2H3,(H,20,21). The molecule has 0 spiro atoms. The molecule has 1 unspecified atom stereocenters. The van der Waals surface area contributed by atoms with Gasteiger partial charge in [-0.3, -0.25) is 9.59 Å². The summed E-state index contributed by atoms with van der Waals surface area (Å²) in [4.78, 5) is 28.5. The molecule has 7 heteroatoms. The Labute approximate surface area is 128 Å². The average molecular weight is 312 g/mol. The molecule has 0 bridgehead atoms. The van der Waals surface area contributed by atoms with Crippen LogP contribution in [0.3, 0.4) is 0 Å². The first-order chi connectivity index (χ1) is 10.5. The Morgan fingerprint density at radius 2 is 2.18 bits per heavy atom. The SMILES string of the molecule is CCOCCCN(CC(C)C(=O)O)C(=O)c1ccc(F)cn1. The van der Waals surface area contributed by atoms with Gasteiger partial charge in [-0.1, -0.05) is 6.92 Å². The molecule has 22 heavy (non-hydrogen) atoms. The molecule has 1 amide bonds. The van der Waals surface area contributed by atoms with Gasteiger partial charge in [-0.2, -0.15) is 0 Å². The monoisotopic (exact) mass is 312 g/mol. The Kier molecular flexibility index (Phi) is 7.45. The van der Waals surface area contributed by atoms with Crippen molar-refractivity contribution in [3.63, 3.8) is 0 Å². The summed E-state index contributed by atoms with van der Waals surface area (Å²) in [5.74, 6) is -2.62. The second-order valence-corrected chi connectivity index (χ2v) is 4.90. The van der Waals surface area contributed by atoms with Gasteiger partial charge in [0.15, 0.2) is 0 Å². The number of aromatic nitrogens is 1. The van der Waals surface area contributed by atoms with Crippen LogP contribution in [0.4, 0.5) is 4.39 Å². The summed E-state index contributed by atoms with van der Waals surface area (Å²) in [7, 11) is 0. The fraction of sp³-hybridized carbons (Fsp3) is 0.533. The summed E-state index contributed by atoms with van der Waals surface area (Å²) in [6.07, 6.45) is 1.55. The molecule has 1 heterocycles. The van der Waals surface area contributed by atoms with Crippen LogP contribution < -0.4 is 0 Å². The van der Waals surface area contributed by atoms with Crippen LogP contribution in [0.15, 0.2) is 18.3 Å². The number of ether oxygens (including phenoxy) is 1. The second kappa shape index (κ2) is 9.09. The third-order valence-electron chi connectivity index (χ3n) is 3.07. The van der Waals surface area contributed by atoms with Gasteiger partial charge >= 0.3 is 5.97 Å². The van der Waals surface area contributed by atoms with E-state index < -0.39 is 23.6 Å². The van der Waals surface area contributed by atoms with E-state index >= 15 is 0 Å². The number of hydrogen-bond acceptors (Lipinski definition) is 4. The van der Waals surface area contributed by atoms with Crippen molar-refractivity contribution in [2.45, 2.75) is 20.3 Å². The molecular formula is C15H21FN2O4. The second-order valence-electron chi connectivity index (χ2n) is 4.90. The normalized spacial score (nSPS) is 12.0. The number of rotatable bonds is 9. The van der Waals surface area contributed by atoms with Crippen LogP contribution in [0.2, 0.25) is 0 Å². The quantitative estimate of drug-likeness (QED) is 0.703. The first-order valence-electron chi connectivity index (χ1n) is 7.17. The lowest BCUT2D eigenvalue weighted by molar-refractivity contribution is -0.141. The topological polar surface area (TPSA) is 79.7 Å². The summed E-state index contributed by atoms with van der Waals surface area (Å²) in [6.45, 7) is 4.90. The smallest absolute Gasteiger partial charge is 0.308 e. The van der Waals surface area contributed by atoms with Gasteiger partial charge in [0.1, 0.15) is 11.5 Å². The molecule has 0 radical (unpaired) electrons. The molecule has 0 aliphatic heterocycles. The zero-order valence-electron chi connectivity index (χ0n) is 12.8. The van der Waals surface area contributed by atoms with E-state index in [1.165, 1.54) is 17.9 Å². The molecular weight excluding hydrogens is 291 g/mol. The molecule has 1 N–H and O–H groups in total. The fourth-order valence-electron chi connectivity index (χ4n) is 1.85. The maximum Gasteiger partial charge on any atom is 0.308 e. The molecule has 1 aromatic rings.